The van der Waals surface area contributed by atoms with E-state index in [1.807, 2.05) is 54.6 Å². The van der Waals surface area contributed by atoms with Crippen molar-refractivity contribution in [2.24, 2.45) is 0 Å². The van der Waals surface area contributed by atoms with Gasteiger partial charge in [0.15, 0.2) is 0 Å². The summed E-state index contributed by atoms with van der Waals surface area (Å²) in [4.78, 5) is 14.8. The molecule has 1 saturated heterocycles. The quantitative estimate of drug-likeness (QED) is 0.561. The van der Waals surface area contributed by atoms with E-state index in [-0.39, 0.29) is 11.9 Å². The second-order valence-corrected chi connectivity index (χ2v) is 8.31. The average molecular weight is 423 g/mol. The number of piperidine rings is 1. The number of hydrogen-bond donors (Lipinski definition) is 1. The molecule has 1 aliphatic rings. The third-order valence-corrected chi connectivity index (χ3v) is 5.84. The lowest BCUT2D eigenvalue weighted by molar-refractivity contribution is -0.122. The summed E-state index contributed by atoms with van der Waals surface area (Å²) in [7, 11) is 0. The number of likely N-dealkylation sites (tertiary alicyclic amines) is 1. The molecule has 1 aromatic heterocycles. The summed E-state index contributed by atoms with van der Waals surface area (Å²) >= 11 is 5.96. The summed E-state index contributed by atoms with van der Waals surface area (Å²) < 4.78 is 5.89. The Hall–Kier alpha value is -2.56. The molecule has 0 spiro atoms. The van der Waals surface area contributed by atoms with Crippen LogP contribution in [0, 0.1) is 0 Å². The predicted molar refractivity (Wildman–Crippen MR) is 120 cm³/mol. The predicted octanol–water partition coefficient (Wildman–Crippen LogP) is 5.31. The van der Waals surface area contributed by atoms with Crippen LogP contribution in [0.1, 0.15) is 30.6 Å². The fourth-order valence-corrected chi connectivity index (χ4v) is 4.02. The van der Waals surface area contributed by atoms with E-state index < -0.39 is 0 Å². The molecule has 1 aliphatic heterocycles. The van der Waals surface area contributed by atoms with Crippen molar-refractivity contribution in [3.05, 3.63) is 83.1 Å². The second kappa shape index (κ2) is 9.96. The van der Waals surface area contributed by atoms with Crippen molar-refractivity contribution in [3.8, 4) is 11.3 Å². The standard InChI is InChI=1S/C25H27ClN2O2/c26-21-8-6-19(7-9-21)18-28-16-14-22(15-17-28)27-25(29)13-11-23-10-12-24(30-23)20-4-2-1-3-5-20/h1-10,12,22H,11,13-18H2,(H,27,29). The van der Waals surface area contributed by atoms with Crippen LogP contribution in [0.25, 0.3) is 11.3 Å². The summed E-state index contributed by atoms with van der Waals surface area (Å²) in [6, 6.07) is 22.2. The lowest BCUT2D eigenvalue weighted by Gasteiger charge is -2.32. The molecule has 0 atom stereocenters. The van der Waals surface area contributed by atoms with Gasteiger partial charge < -0.3 is 9.73 Å². The number of benzene rings is 2. The van der Waals surface area contributed by atoms with Crippen LogP contribution in [0.3, 0.4) is 0 Å². The molecule has 0 bridgehead atoms. The highest BCUT2D eigenvalue weighted by Crippen LogP contribution is 2.22. The number of carbonyl (C=O) groups excluding carboxylic acids is 1. The fourth-order valence-electron chi connectivity index (χ4n) is 3.89. The summed E-state index contributed by atoms with van der Waals surface area (Å²) in [6.07, 6.45) is 3.04. The maximum atomic E-state index is 12.4. The summed E-state index contributed by atoms with van der Waals surface area (Å²) in [5.74, 6) is 1.80. The number of nitrogens with zero attached hydrogens (tertiary/aromatic N) is 1. The van der Waals surface area contributed by atoms with Crippen LogP contribution >= 0.6 is 11.6 Å². The Labute approximate surface area is 182 Å². The Bertz CT molecular complexity index is 945. The van der Waals surface area contributed by atoms with Gasteiger partial charge in [0.25, 0.3) is 0 Å². The number of halogens is 1. The molecule has 4 nitrogen and oxygen atoms in total. The molecule has 0 unspecified atom stereocenters. The van der Waals surface area contributed by atoms with E-state index in [9.17, 15) is 4.79 Å². The van der Waals surface area contributed by atoms with Gasteiger partial charge >= 0.3 is 0 Å². The minimum absolute atomic E-state index is 0.101. The Morgan fingerprint density at radius 3 is 2.47 bits per heavy atom. The monoisotopic (exact) mass is 422 g/mol. The molecule has 1 amide bonds. The molecule has 1 fully saturated rings. The zero-order valence-corrected chi connectivity index (χ0v) is 17.8. The SMILES string of the molecule is O=C(CCc1ccc(-c2ccccc2)o1)NC1CCN(Cc2ccc(Cl)cc2)CC1. The molecule has 5 heteroatoms. The van der Waals surface area contributed by atoms with Gasteiger partial charge in [0.1, 0.15) is 11.5 Å². The summed E-state index contributed by atoms with van der Waals surface area (Å²) in [6.45, 7) is 2.92. The normalized spacial score (nSPS) is 15.2. The Kier molecular flexibility index (Phi) is 6.88. The van der Waals surface area contributed by atoms with E-state index in [0.29, 0.717) is 12.8 Å². The Morgan fingerprint density at radius 1 is 1.00 bits per heavy atom. The minimum atomic E-state index is 0.101. The molecule has 4 rings (SSSR count). The molecular formula is C25H27ClN2O2. The van der Waals surface area contributed by atoms with Gasteiger partial charge in [-0.25, -0.2) is 0 Å². The van der Waals surface area contributed by atoms with Crippen molar-refractivity contribution in [1.82, 2.24) is 10.2 Å². The van der Waals surface area contributed by atoms with Crippen LogP contribution in [0.15, 0.2) is 71.1 Å². The van der Waals surface area contributed by atoms with Crippen molar-refractivity contribution < 1.29 is 9.21 Å². The van der Waals surface area contributed by atoms with E-state index in [2.05, 4.69) is 22.3 Å². The van der Waals surface area contributed by atoms with Gasteiger partial charge in [0, 0.05) is 49.1 Å². The number of aryl methyl sites for hydroxylation is 1. The number of rotatable bonds is 7. The van der Waals surface area contributed by atoms with Gasteiger partial charge in [-0.3, -0.25) is 9.69 Å². The maximum Gasteiger partial charge on any atom is 0.220 e. The number of nitrogens with one attached hydrogen (secondary N) is 1. The zero-order valence-electron chi connectivity index (χ0n) is 17.0. The molecule has 2 heterocycles. The highest BCUT2D eigenvalue weighted by molar-refractivity contribution is 6.30. The molecule has 2 aromatic carbocycles. The van der Waals surface area contributed by atoms with Gasteiger partial charge in [-0.1, -0.05) is 54.1 Å². The van der Waals surface area contributed by atoms with Crippen LogP contribution in [-0.2, 0) is 17.8 Å². The van der Waals surface area contributed by atoms with Crippen molar-refractivity contribution in [3.63, 3.8) is 0 Å². The van der Waals surface area contributed by atoms with E-state index in [1.165, 1.54) is 5.56 Å². The van der Waals surface area contributed by atoms with Crippen LogP contribution in [0.4, 0.5) is 0 Å². The van der Waals surface area contributed by atoms with Crippen molar-refractivity contribution >= 4 is 17.5 Å². The topological polar surface area (TPSA) is 45.5 Å². The Morgan fingerprint density at radius 2 is 1.73 bits per heavy atom. The minimum Gasteiger partial charge on any atom is -0.461 e. The van der Waals surface area contributed by atoms with Gasteiger partial charge in [-0.2, -0.15) is 0 Å². The largest absolute Gasteiger partial charge is 0.461 e. The lowest BCUT2D eigenvalue weighted by atomic mass is 10.0. The van der Waals surface area contributed by atoms with Crippen LogP contribution in [-0.4, -0.2) is 29.9 Å². The van der Waals surface area contributed by atoms with Gasteiger partial charge in [-0.05, 0) is 42.7 Å². The average Bonchev–Trinajstić information content (AvgIpc) is 3.25. The van der Waals surface area contributed by atoms with Crippen molar-refractivity contribution in [2.45, 2.75) is 38.3 Å². The molecular weight excluding hydrogens is 396 g/mol. The van der Waals surface area contributed by atoms with Gasteiger partial charge in [0.05, 0.1) is 0 Å². The van der Waals surface area contributed by atoms with Crippen molar-refractivity contribution in [2.75, 3.05) is 13.1 Å². The number of hydrogen-bond acceptors (Lipinski definition) is 3. The molecule has 0 saturated carbocycles. The number of amides is 1. The molecule has 156 valence electrons. The van der Waals surface area contributed by atoms with Crippen LogP contribution in [0.5, 0.6) is 0 Å². The molecule has 30 heavy (non-hydrogen) atoms. The first-order valence-electron chi connectivity index (χ1n) is 10.6. The molecule has 0 aliphatic carbocycles. The highest BCUT2D eigenvalue weighted by atomic mass is 35.5. The smallest absolute Gasteiger partial charge is 0.220 e. The third kappa shape index (κ3) is 5.74. The summed E-state index contributed by atoms with van der Waals surface area (Å²) in [5.41, 5.74) is 2.33. The van der Waals surface area contributed by atoms with Crippen LogP contribution < -0.4 is 5.32 Å². The van der Waals surface area contributed by atoms with E-state index in [0.717, 1.165) is 54.6 Å². The van der Waals surface area contributed by atoms with E-state index in [1.54, 1.807) is 0 Å². The summed E-state index contributed by atoms with van der Waals surface area (Å²) in [5, 5.41) is 3.96. The zero-order chi connectivity index (χ0) is 20.8. The molecule has 1 N–H and O–H groups in total. The lowest BCUT2D eigenvalue weighted by Crippen LogP contribution is -2.44. The molecule has 3 aromatic rings. The maximum absolute atomic E-state index is 12.4. The number of carbonyl (C=O) groups is 1. The van der Waals surface area contributed by atoms with E-state index in [4.69, 9.17) is 16.0 Å². The van der Waals surface area contributed by atoms with Gasteiger partial charge in [-0.15, -0.1) is 0 Å². The Balaban J connectivity index is 1.18. The fraction of sp³-hybridized carbons (Fsp3) is 0.320. The van der Waals surface area contributed by atoms with Gasteiger partial charge in [0.2, 0.25) is 5.91 Å². The first-order valence-corrected chi connectivity index (χ1v) is 10.9. The first-order chi connectivity index (χ1) is 14.7. The number of furan rings is 1. The first kappa shape index (κ1) is 20.7. The highest BCUT2D eigenvalue weighted by Gasteiger charge is 2.20. The third-order valence-electron chi connectivity index (χ3n) is 5.59. The van der Waals surface area contributed by atoms with Crippen LogP contribution in [0.2, 0.25) is 5.02 Å². The second-order valence-electron chi connectivity index (χ2n) is 7.88. The van der Waals surface area contributed by atoms with E-state index >= 15 is 0 Å². The van der Waals surface area contributed by atoms with Crippen molar-refractivity contribution in [1.29, 1.82) is 0 Å². The molecule has 0 radical (unpaired) electrons.